The number of amides is 2. The van der Waals surface area contributed by atoms with Crippen LogP contribution in [0, 0.1) is 11.8 Å². The first-order valence-corrected chi connectivity index (χ1v) is 6.21. The van der Waals surface area contributed by atoms with Crippen LogP contribution >= 0.6 is 11.3 Å². The molecule has 1 aromatic heterocycles. The summed E-state index contributed by atoms with van der Waals surface area (Å²) in [4.78, 5) is 14.1. The first kappa shape index (κ1) is 13.6. The van der Waals surface area contributed by atoms with E-state index in [1.54, 1.807) is 23.3 Å². The Balaban J connectivity index is 2.47. The van der Waals surface area contributed by atoms with Gasteiger partial charge >= 0.3 is 6.03 Å². The fourth-order valence-electron chi connectivity index (χ4n) is 1.12. The summed E-state index contributed by atoms with van der Waals surface area (Å²) in [5.41, 5.74) is 0.872. The van der Waals surface area contributed by atoms with Gasteiger partial charge in [-0.1, -0.05) is 11.8 Å². The number of carbonyl (C=O) groups excluding carboxylic acids is 1. The molecule has 0 spiro atoms. The van der Waals surface area contributed by atoms with Crippen LogP contribution in [-0.2, 0) is 6.54 Å². The van der Waals surface area contributed by atoms with Crippen LogP contribution in [0.1, 0.15) is 17.4 Å². The Hall–Kier alpha value is -1.51. The highest BCUT2D eigenvalue weighted by Gasteiger charge is 2.05. The van der Waals surface area contributed by atoms with Crippen molar-refractivity contribution in [2.24, 2.45) is 0 Å². The van der Waals surface area contributed by atoms with Gasteiger partial charge in [-0.25, -0.2) is 4.79 Å². The molecule has 0 saturated carbocycles. The zero-order valence-electron chi connectivity index (χ0n) is 9.99. The molecule has 2 N–H and O–H groups in total. The third-order valence-electron chi connectivity index (χ3n) is 2.20. The predicted octanol–water partition coefficient (Wildman–Crippen LogP) is 1.25. The maximum Gasteiger partial charge on any atom is 0.317 e. The van der Waals surface area contributed by atoms with Gasteiger partial charge in [-0.3, -0.25) is 0 Å². The van der Waals surface area contributed by atoms with Crippen molar-refractivity contribution in [1.29, 1.82) is 0 Å². The number of hydrogen-bond donors (Lipinski definition) is 2. The van der Waals surface area contributed by atoms with Crippen molar-refractivity contribution in [1.82, 2.24) is 10.2 Å². The van der Waals surface area contributed by atoms with Gasteiger partial charge in [0.05, 0.1) is 6.54 Å². The highest BCUT2D eigenvalue weighted by molar-refractivity contribution is 7.10. The Bertz CT molecular complexity index is 431. The number of nitrogens with zero attached hydrogens (tertiary/aromatic N) is 1. The van der Waals surface area contributed by atoms with E-state index in [2.05, 4.69) is 17.2 Å². The van der Waals surface area contributed by atoms with Crippen molar-refractivity contribution >= 4 is 17.4 Å². The standard InChI is InChI=1S/C12H16N2O2S/c1-3-14(2)12(16)13-8-11-7-10(9-17-11)5-4-6-15/h7,9,15H,3,6,8H2,1-2H3,(H,13,16). The fourth-order valence-corrected chi connectivity index (χ4v) is 1.88. The molecule has 0 aliphatic heterocycles. The van der Waals surface area contributed by atoms with Crippen LogP contribution in [0.2, 0.25) is 0 Å². The zero-order valence-corrected chi connectivity index (χ0v) is 10.8. The molecule has 0 aliphatic carbocycles. The molecule has 0 atom stereocenters. The molecule has 5 heteroatoms. The van der Waals surface area contributed by atoms with Crippen molar-refractivity contribution in [3.63, 3.8) is 0 Å². The van der Waals surface area contributed by atoms with E-state index >= 15 is 0 Å². The lowest BCUT2D eigenvalue weighted by molar-refractivity contribution is 0.210. The second kappa shape index (κ2) is 6.94. The number of nitrogens with one attached hydrogen (secondary N) is 1. The Morgan fingerprint density at radius 1 is 1.65 bits per heavy atom. The van der Waals surface area contributed by atoms with Crippen LogP contribution in [0.15, 0.2) is 11.4 Å². The Morgan fingerprint density at radius 3 is 3.06 bits per heavy atom. The Kier molecular flexibility index (Phi) is 5.53. The quantitative estimate of drug-likeness (QED) is 0.796. The molecule has 0 fully saturated rings. The van der Waals surface area contributed by atoms with Crippen molar-refractivity contribution in [3.05, 3.63) is 21.9 Å². The number of thiophene rings is 1. The average molecular weight is 252 g/mol. The van der Waals surface area contributed by atoms with Crippen LogP contribution in [0.5, 0.6) is 0 Å². The first-order valence-electron chi connectivity index (χ1n) is 5.33. The van der Waals surface area contributed by atoms with Gasteiger partial charge < -0.3 is 15.3 Å². The number of aliphatic hydroxyl groups is 1. The third-order valence-corrected chi connectivity index (χ3v) is 3.14. The summed E-state index contributed by atoms with van der Waals surface area (Å²) in [7, 11) is 1.75. The predicted molar refractivity (Wildman–Crippen MR) is 68.8 cm³/mol. The second-order valence-electron chi connectivity index (χ2n) is 3.43. The molecule has 1 heterocycles. The lowest BCUT2D eigenvalue weighted by Gasteiger charge is -2.14. The van der Waals surface area contributed by atoms with Gasteiger partial charge in [0.15, 0.2) is 0 Å². The first-order chi connectivity index (χ1) is 8.17. The van der Waals surface area contributed by atoms with E-state index in [9.17, 15) is 4.79 Å². The van der Waals surface area contributed by atoms with Crippen LogP contribution < -0.4 is 5.32 Å². The molecule has 0 aliphatic rings. The topological polar surface area (TPSA) is 52.6 Å². The van der Waals surface area contributed by atoms with E-state index in [4.69, 9.17) is 5.11 Å². The SMILES string of the molecule is CCN(C)C(=O)NCc1cc(C#CCO)cs1. The molecule has 4 nitrogen and oxygen atoms in total. The van der Waals surface area contributed by atoms with Gasteiger partial charge in [-0.15, -0.1) is 11.3 Å². The van der Waals surface area contributed by atoms with Crippen molar-refractivity contribution < 1.29 is 9.90 Å². The van der Waals surface area contributed by atoms with E-state index in [0.29, 0.717) is 13.1 Å². The minimum absolute atomic E-state index is 0.0797. The van der Waals surface area contributed by atoms with Crippen molar-refractivity contribution in [3.8, 4) is 11.8 Å². The second-order valence-corrected chi connectivity index (χ2v) is 4.43. The molecule has 0 unspecified atom stereocenters. The molecule has 17 heavy (non-hydrogen) atoms. The summed E-state index contributed by atoms with van der Waals surface area (Å²) in [5.74, 6) is 5.41. The summed E-state index contributed by atoms with van der Waals surface area (Å²) < 4.78 is 0. The number of carbonyl (C=O) groups is 1. The number of aliphatic hydroxyl groups excluding tert-OH is 1. The van der Waals surface area contributed by atoms with E-state index < -0.39 is 0 Å². The lowest BCUT2D eigenvalue weighted by atomic mass is 10.3. The van der Waals surface area contributed by atoms with Crippen LogP contribution in [0.3, 0.4) is 0 Å². The fraction of sp³-hybridized carbons (Fsp3) is 0.417. The third kappa shape index (κ3) is 4.47. The smallest absolute Gasteiger partial charge is 0.317 e. The molecule has 0 aromatic carbocycles. The summed E-state index contributed by atoms with van der Waals surface area (Å²) in [6.07, 6.45) is 0. The summed E-state index contributed by atoms with van der Waals surface area (Å²) >= 11 is 1.54. The number of urea groups is 1. The molecule has 92 valence electrons. The highest BCUT2D eigenvalue weighted by atomic mass is 32.1. The molecular weight excluding hydrogens is 236 g/mol. The average Bonchev–Trinajstić information content (AvgIpc) is 2.80. The van der Waals surface area contributed by atoms with Crippen LogP contribution in [0.25, 0.3) is 0 Å². The molecule has 2 amide bonds. The molecule has 0 bridgehead atoms. The number of rotatable bonds is 3. The van der Waals surface area contributed by atoms with Crippen LogP contribution in [-0.4, -0.2) is 36.2 Å². The minimum Gasteiger partial charge on any atom is -0.384 e. The minimum atomic E-state index is -0.136. The van der Waals surface area contributed by atoms with E-state index in [0.717, 1.165) is 10.4 Å². The van der Waals surface area contributed by atoms with Crippen molar-refractivity contribution in [2.45, 2.75) is 13.5 Å². The van der Waals surface area contributed by atoms with E-state index in [1.807, 2.05) is 18.4 Å². The monoisotopic (exact) mass is 252 g/mol. The summed E-state index contributed by atoms with van der Waals surface area (Å²) in [5, 5.41) is 13.3. The van der Waals surface area contributed by atoms with Gasteiger partial charge in [0.2, 0.25) is 0 Å². The lowest BCUT2D eigenvalue weighted by Crippen LogP contribution is -2.36. The largest absolute Gasteiger partial charge is 0.384 e. The molecule has 1 rings (SSSR count). The van der Waals surface area contributed by atoms with Gasteiger partial charge in [0, 0.05) is 29.4 Å². The normalized spacial score (nSPS) is 9.35. The van der Waals surface area contributed by atoms with Crippen LogP contribution in [0.4, 0.5) is 4.79 Å². The highest BCUT2D eigenvalue weighted by Crippen LogP contribution is 2.13. The van der Waals surface area contributed by atoms with Gasteiger partial charge in [-0.05, 0) is 13.0 Å². The zero-order chi connectivity index (χ0) is 12.7. The Labute approximate surface area is 105 Å². The van der Waals surface area contributed by atoms with Gasteiger partial charge in [-0.2, -0.15) is 0 Å². The maximum atomic E-state index is 11.5. The number of hydrogen-bond acceptors (Lipinski definition) is 3. The molecular formula is C12H16N2O2S. The van der Waals surface area contributed by atoms with Crippen molar-refractivity contribution in [2.75, 3.05) is 20.2 Å². The maximum absolute atomic E-state index is 11.5. The van der Waals surface area contributed by atoms with Gasteiger partial charge in [0.25, 0.3) is 0 Å². The molecule has 0 saturated heterocycles. The Morgan fingerprint density at radius 2 is 2.41 bits per heavy atom. The van der Waals surface area contributed by atoms with Gasteiger partial charge in [0.1, 0.15) is 6.61 Å². The molecule has 1 aromatic rings. The molecule has 0 radical (unpaired) electrons. The summed E-state index contributed by atoms with van der Waals surface area (Å²) in [6.45, 7) is 2.98. The summed E-state index contributed by atoms with van der Waals surface area (Å²) in [6, 6.07) is 1.84. The van der Waals surface area contributed by atoms with E-state index in [1.165, 1.54) is 0 Å². The van der Waals surface area contributed by atoms with E-state index in [-0.39, 0.29) is 12.6 Å².